The standard InChI is InChI=1S/C18H26FNO2S/c1-14-7-9-17(10-8-14)23(21,22)20-12-11-16(19)13-18(20)15-5-3-2-4-6-15/h7-10,15-16,18H,2-6,11-13H2,1H3/t16-,18+/m1/s1. The molecule has 3 nitrogen and oxygen atoms in total. The highest BCUT2D eigenvalue weighted by Gasteiger charge is 2.40. The van der Waals surface area contributed by atoms with E-state index in [-0.39, 0.29) is 6.04 Å². The monoisotopic (exact) mass is 339 g/mol. The first-order chi connectivity index (χ1) is 11.0. The number of sulfonamides is 1. The number of aryl methyl sites for hydroxylation is 1. The predicted molar refractivity (Wildman–Crippen MR) is 89.6 cm³/mol. The van der Waals surface area contributed by atoms with E-state index in [9.17, 15) is 12.8 Å². The van der Waals surface area contributed by atoms with Crippen LogP contribution in [0.15, 0.2) is 29.2 Å². The molecule has 0 spiro atoms. The van der Waals surface area contributed by atoms with Gasteiger partial charge in [-0.3, -0.25) is 0 Å². The summed E-state index contributed by atoms with van der Waals surface area (Å²) in [6.07, 6.45) is 5.34. The molecule has 2 fully saturated rings. The van der Waals surface area contributed by atoms with Crippen molar-refractivity contribution >= 4 is 10.0 Å². The van der Waals surface area contributed by atoms with Crippen LogP contribution in [0.5, 0.6) is 0 Å². The highest BCUT2D eigenvalue weighted by molar-refractivity contribution is 7.89. The van der Waals surface area contributed by atoms with Crippen LogP contribution in [0.3, 0.4) is 0 Å². The van der Waals surface area contributed by atoms with Crippen molar-refractivity contribution in [2.24, 2.45) is 5.92 Å². The van der Waals surface area contributed by atoms with Gasteiger partial charge in [0.1, 0.15) is 6.17 Å². The average molecular weight is 339 g/mol. The molecule has 0 aromatic heterocycles. The van der Waals surface area contributed by atoms with Crippen LogP contribution >= 0.6 is 0 Å². The molecule has 1 saturated carbocycles. The Morgan fingerprint density at radius 3 is 2.35 bits per heavy atom. The highest BCUT2D eigenvalue weighted by atomic mass is 32.2. The van der Waals surface area contributed by atoms with Crippen LogP contribution in [0.25, 0.3) is 0 Å². The van der Waals surface area contributed by atoms with Crippen LogP contribution in [0.2, 0.25) is 0 Å². The molecular formula is C18H26FNO2S. The molecule has 0 radical (unpaired) electrons. The van der Waals surface area contributed by atoms with Gasteiger partial charge in [0.25, 0.3) is 0 Å². The lowest BCUT2D eigenvalue weighted by Gasteiger charge is -2.41. The molecule has 0 N–H and O–H groups in total. The third-order valence-corrected chi connectivity index (χ3v) is 7.29. The first kappa shape index (κ1) is 16.9. The summed E-state index contributed by atoms with van der Waals surface area (Å²) in [7, 11) is -3.53. The minimum absolute atomic E-state index is 0.176. The number of nitrogens with zero attached hydrogens (tertiary/aromatic N) is 1. The molecular weight excluding hydrogens is 313 g/mol. The lowest BCUT2D eigenvalue weighted by Crippen LogP contribution is -2.50. The molecule has 1 saturated heterocycles. The maximum Gasteiger partial charge on any atom is 0.243 e. The van der Waals surface area contributed by atoms with Crippen LogP contribution in [0.1, 0.15) is 50.5 Å². The fraction of sp³-hybridized carbons (Fsp3) is 0.667. The first-order valence-electron chi connectivity index (χ1n) is 8.71. The van der Waals surface area contributed by atoms with Gasteiger partial charge < -0.3 is 0 Å². The van der Waals surface area contributed by atoms with Crippen molar-refractivity contribution in [1.29, 1.82) is 0 Å². The van der Waals surface area contributed by atoms with Crippen molar-refractivity contribution in [3.63, 3.8) is 0 Å². The van der Waals surface area contributed by atoms with Gasteiger partial charge in [0.05, 0.1) is 4.90 Å². The third kappa shape index (κ3) is 3.61. The molecule has 0 unspecified atom stereocenters. The van der Waals surface area contributed by atoms with E-state index < -0.39 is 16.2 Å². The van der Waals surface area contributed by atoms with Gasteiger partial charge in [-0.2, -0.15) is 4.31 Å². The van der Waals surface area contributed by atoms with Crippen LogP contribution in [0.4, 0.5) is 4.39 Å². The molecule has 1 aromatic rings. The van der Waals surface area contributed by atoms with Crippen LogP contribution < -0.4 is 0 Å². The van der Waals surface area contributed by atoms with Crippen LogP contribution in [-0.4, -0.2) is 31.5 Å². The Morgan fingerprint density at radius 1 is 1.04 bits per heavy atom. The van der Waals surface area contributed by atoms with Crippen molar-refractivity contribution < 1.29 is 12.8 Å². The van der Waals surface area contributed by atoms with Gasteiger partial charge in [-0.1, -0.05) is 37.0 Å². The van der Waals surface area contributed by atoms with Gasteiger partial charge in [0, 0.05) is 12.6 Å². The number of hydrogen-bond donors (Lipinski definition) is 0. The molecule has 128 valence electrons. The Kier molecular flexibility index (Phi) is 5.07. The van der Waals surface area contributed by atoms with E-state index in [1.165, 1.54) is 6.42 Å². The molecule has 5 heteroatoms. The molecule has 0 bridgehead atoms. The largest absolute Gasteiger partial charge is 0.247 e. The third-order valence-electron chi connectivity index (χ3n) is 5.35. The lowest BCUT2D eigenvalue weighted by atomic mass is 9.80. The SMILES string of the molecule is Cc1ccc(S(=O)(=O)N2CC[C@@H](F)C[C@H]2C2CCCCC2)cc1. The van der Waals surface area contributed by atoms with E-state index in [1.807, 2.05) is 19.1 Å². The summed E-state index contributed by atoms with van der Waals surface area (Å²) in [6, 6.07) is 6.81. The second-order valence-electron chi connectivity index (χ2n) is 7.02. The molecule has 1 aromatic carbocycles. The lowest BCUT2D eigenvalue weighted by molar-refractivity contribution is 0.0993. The number of alkyl halides is 1. The van der Waals surface area contributed by atoms with Crippen LogP contribution in [0, 0.1) is 12.8 Å². The van der Waals surface area contributed by atoms with Crippen molar-refractivity contribution in [2.45, 2.75) is 69.0 Å². The van der Waals surface area contributed by atoms with Crippen molar-refractivity contribution in [2.75, 3.05) is 6.54 Å². The molecule has 1 aliphatic carbocycles. The maximum atomic E-state index is 14.0. The Balaban J connectivity index is 1.89. The summed E-state index contributed by atoms with van der Waals surface area (Å²) in [5.41, 5.74) is 1.04. The van der Waals surface area contributed by atoms with Gasteiger partial charge >= 0.3 is 0 Å². The van der Waals surface area contributed by atoms with E-state index in [0.717, 1.165) is 31.2 Å². The summed E-state index contributed by atoms with van der Waals surface area (Å²) >= 11 is 0. The number of rotatable bonds is 3. The molecule has 2 atom stereocenters. The average Bonchev–Trinajstić information content (AvgIpc) is 2.56. The zero-order valence-electron chi connectivity index (χ0n) is 13.7. The molecule has 1 aliphatic heterocycles. The van der Waals surface area contributed by atoms with E-state index in [2.05, 4.69) is 0 Å². The van der Waals surface area contributed by atoms with Gasteiger partial charge in [-0.15, -0.1) is 0 Å². The fourth-order valence-corrected chi connectivity index (χ4v) is 5.73. The van der Waals surface area contributed by atoms with E-state index in [1.54, 1.807) is 16.4 Å². The fourth-order valence-electron chi connectivity index (χ4n) is 4.02. The van der Waals surface area contributed by atoms with Crippen LogP contribution in [-0.2, 0) is 10.0 Å². The molecule has 3 rings (SSSR count). The number of hydrogen-bond acceptors (Lipinski definition) is 2. The van der Waals surface area contributed by atoms with Gasteiger partial charge in [0.2, 0.25) is 10.0 Å². The smallest absolute Gasteiger partial charge is 0.243 e. The Morgan fingerprint density at radius 2 is 1.70 bits per heavy atom. The summed E-state index contributed by atoms with van der Waals surface area (Å²) < 4.78 is 41.7. The van der Waals surface area contributed by atoms with E-state index >= 15 is 0 Å². The maximum absolute atomic E-state index is 14.0. The quantitative estimate of drug-likeness (QED) is 0.832. The molecule has 2 aliphatic rings. The Labute approximate surface area is 138 Å². The van der Waals surface area contributed by atoms with Crippen molar-refractivity contribution in [1.82, 2.24) is 4.31 Å². The van der Waals surface area contributed by atoms with Crippen molar-refractivity contribution in [3.8, 4) is 0 Å². The highest BCUT2D eigenvalue weighted by Crippen LogP contribution is 2.37. The summed E-state index contributed by atoms with van der Waals surface area (Å²) in [5.74, 6) is 0.308. The minimum Gasteiger partial charge on any atom is -0.247 e. The Hall–Kier alpha value is -0.940. The van der Waals surface area contributed by atoms with Gasteiger partial charge in [0.15, 0.2) is 0 Å². The Bertz CT molecular complexity index is 623. The zero-order valence-corrected chi connectivity index (χ0v) is 14.6. The number of piperidine rings is 1. The normalized spacial score (nSPS) is 27.9. The van der Waals surface area contributed by atoms with Crippen molar-refractivity contribution in [3.05, 3.63) is 29.8 Å². The predicted octanol–water partition coefficient (Wildman–Crippen LogP) is 4.07. The van der Waals surface area contributed by atoms with E-state index in [0.29, 0.717) is 30.2 Å². The zero-order chi connectivity index (χ0) is 16.4. The number of benzene rings is 1. The minimum atomic E-state index is -3.53. The van der Waals surface area contributed by atoms with E-state index in [4.69, 9.17) is 0 Å². The second-order valence-corrected chi connectivity index (χ2v) is 8.91. The molecule has 0 amide bonds. The van der Waals surface area contributed by atoms with Gasteiger partial charge in [-0.25, -0.2) is 12.8 Å². The summed E-state index contributed by atoms with van der Waals surface area (Å²) in [4.78, 5) is 0.334. The summed E-state index contributed by atoms with van der Waals surface area (Å²) in [5, 5.41) is 0. The molecule has 23 heavy (non-hydrogen) atoms. The van der Waals surface area contributed by atoms with Gasteiger partial charge in [-0.05, 0) is 50.7 Å². The second kappa shape index (κ2) is 6.89. The number of halogens is 1. The molecule has 1 heterocycles. The topological polar surface area (TPSA) is 37.4 Å². The first-order valence-corrected chi connectivity index (χ1v) is 10.1. The summed E-state index contributed by atoms with van der Waals surface area (Å²) in [6.45, 7) is 2.24.